The van der Waals surface area contributed by atoms with Gasteiger partial charge >= 0.3 is 5.97 Å². The van der Waals surface area contributed by atoms with Crippen molar-refractivity contribution in [3.8, 4) is 0 Å². The van der Waals surface area contributed by atoms with E-state index >= 15 is 0 Å². The zero-order valence-corrected chi connectivity index (χ0v) is 12.6. The summed E-state index contributed by atoms with van der Waals surface area (Å²) in [5.74, 6) is -1.24. The topological polar surface area (TPSA) is 74.7 Å². The Kier molecular flexibility index (Phi) is 3.46. The molecule has 3 rings (SSSR count). The molecule has 0 saturated heterocycles. The second-order valence-corrected chi connectivity index (χ2v) is 7.49. The number of carbonyl (C=O) groups is 1. The molecule has 0 radical (unpaired) electrons. The minimum Gasteiger partial charge on any atom is -0.481 e. The van der Waals surface area contributed by atoms with E-state index < -0.39 is 16.0 Å². The third kappa shape index (κ3) is 2.43. The summed E-state index contributed by atoms with van der Waals surface area (Å²) in [5, 5.41) is 12.3. The maximum Gasteiger partial charge on any atom is 0.304 e. The first-order chi connectivity index (χ1) is 10.00. The number of rotatable bonds is 4. The third-order valence-electron chi connectivity index (χ3n) is 3.54. The number of anilines is 1. The van der Waals surface area contributed by atoms with Crippen molar-refractivity contribution < 1.29 is 18.3 Å². The van der Waals surface area contributed by atoms with Crippen LogP contribution in [0.25, 0.3) is 0 Å². The fourth-order valence-corrected chi connectivity index (χ4v) is 5.15. The quantitative estimate of drug-likeness (QED) is 0.938. The zero-order chi connectivity index (χ0) is 15.0. The highest BCUT2D eigenvalue weighted by molar-refractivity contribution is 7.93. The summed E-state index contributed by atoms with van der Waals surface area (Å²) in [5.41, 5.74) is 1.36. The van der Waals surface area contributed by atoms with E-state index in [9.17, 15) is 13.2 Å². The first-order valence-electron chi connectivity index (χ1n) is 6.36. The molecular weight excluding hydrogens is 310 g/mol. The highest BCUT2D eigenvalue weighted by Crippen LogP contribution is 2.41. The van der Waals surface area contributed by atoms with Gasteiger partial charge in [-0.25, -0.2) is 8.42 Å². The Balaban J connectivity index is 2.04. The summed E-state index contributed by atoms with van der Waals surface area (Å²) in [6.45, 7) is 0.170. The van der Waals surface area contributed by atoms with Crippen molar-refractivity contribution in [2.45, 2.75) is 17.2 Å². The molecule has 0 bridgehead atoms. The average molecular weight is 323 g/mol. The Morgan fingerprint density at radius 2 is 2.10 bits per heavy atom. The monoisotopic (exact) mass is 323 g/mol. The molecule has 1 N–H and O–H groups in total. The molecule has 2 aromatic rings. The number of thiophene rings is 1. The lowest BCUT2D eigenvalue weighted by molar-refractivity contribution is -0.137. The number of carboxylic acid groups (broad SMARTS) is 1. The van der Waals surface area contributed by atoms with Crippen LogP contribution in [-0.2, 0) is 14.8 Å². The minimum atomic E-state index is -3.63. The zero-order valence-electron chi connectivity index (χ0n) is 11.0. The van der Waals surface area contributed by atoms with Gasteiger partial charge < -0.3 is 5.11 Å². The number of para-hydroxylation sites is 1. The standard InChI is InChI=1S/C14H13NO4S2/c16-14(17)7-10-8-15(13-4-2-1-3-12(10)13)21(18,19)11-5-6-20-9-11/h1-6,9-10H,7-8H2,(H,16,17). The van der Waals surface area contributed by atoms with Gasteiger partial charge in [0.05, 0.1) is 17.0 Å². The van der Waals surface area contributed by atoms with Crippen LogP contribution in [0.4, 0.5) is 5.69 Å². The van der Waals surface area contributed by atoms with Crippen molar-refractivity contribution in [1.82, 2.24) is 0 Å². The molecule has 0 spiro atoms. The predicted molar refractivity (Wildman–Crippen MR) is 80.3 cm³/mol. The molecule has 0 saturated carbocycles. The number of carboxylic acids is 1. The molecule has 1 unspecified atom stereocenters. The van der Waals surface area contributed by atoms with Crippen molar-refractivity contribution in [2.24, 2.45) is 0 Å². The molecule has 0 amide bonds. The predicted octanol–water partition coefficient (Wildman–Crippen LogP) is 2.52. The van der Waals surface area contributed by atoms with Crippen molar-refractivity contribution in [2.75, 3.05) is 10.8 Å². The molecular formula is C14H13NO4S2. The van der Waals surface area contributed by atoms with E-state index in [1.54, 1.807) is 41.1 Å². The lowest BCUT2D eigenvalue weighted by Gasteiger charge is -2.19. The van der Waals surface area contributed by atoms with Crippen LogP contribution in [0.5, 0.6) is 0 Å². The molecule has 0 fully saturated rings. The molecule has 21 heavy (non-hydrogen) atoms. The van der Waals surface area contributed by atoms with Crippen LogP contribution in [0.3, 0.4) is 0 Å². The molecule has 0 aliphatic carbocycles. The summed E-state index contributed by atoms with van der Waals surface area (Å²) >= 11 is 1.32. The first-order valence-corrected chi connectivity index (χ1v) is 8.74. The van der Waals surface area contributed by atoms with Gasteiger partial charge in [-0.05, 0) is 23.1 Å². The molecule has 1 aliphatic heterocycles. The normalized spacial score (nSPS) is 17.7. The van der Waals surface area contributed by atoms with Crippen LogP contribution < -0.4 is 4.31 Å². The van der Waals surface area contributed by atoms with Gasteiger partial charge in [-0.3, -0.25) is 9.10 Å². The molecule has 5 nitrogen and oxygen atoms in total. The third-order valence-corrected chi connectivity index (χ3v) is 6.14. The number of benzene rings is 1. The van der Waals surface area contributed by atoms with Crippen molar-refractivity contribution >= 4 is 33.0 Å². The number of hydrogen-bond acceptors (Lipinski definition) is 4. The minimum absolute atomic E-state index is 0.0767. The van der Waals surface area contributed by atoms with Crippen LogP contribution in [0.15, 0.2) is 46.0 Å². The van der Waals surface area contributed by atoms with Crippen LogP contribution in [0.1, 0.15) is 17.9 Å². The number of hydrogen-bond donors (Lipinski definition) is 1. The molecule has 1 aliphatic rings. The number of nitrogens with zero attached hydrogens (tertiary/aromatic N) is 1. The number of sulfonamides is 1. The Labute approximate surface area is 126 Å². The summed E-state index contributed by atoms with van der Waals surface area (Å²) in [7, 11) is -3.63. The van der Waals surface area contributed by atoms with E-state index in [0.29, 0.717) is 5.69 Å². The largest absolute Gasteiger partial charge is 0.481 e. The SMILES string of the molecule is O=C(O)CC1CN(S(=O)(=O)c2ccsc2)c2ccccc21. The van der Waals surface area contributed by atoms with E-state index in [4.69, 9.17) is 5.11 Å². The molecule has 1 atom stereocenters. The van der Waals surface area contributed by atoms with Crippen LogP contribution in [-0.4, -0.2) is 26.0 Å². The summed E-state index contributed by atoms with van der Waals surface area (Å²) in [6.07, 6.45) is -0.0767. The van der Waals surface area contributed by atoms with Gasteiger partial charge in [0, 0.05) is 17.8 Å². The summed E-state index contributed by atoms with van der Waals surface area (Å²) < 4.78 is 26.7. The van der Waals surface area contributed by atoms with Gasteiger partial charge in [-0.2, -0.15) is 11.3 Å². The van der Waals surface area contributed by atoms with E-state index in [-0.39, 0.29) is 23.8 Å². The maximum atomic E-state index is 12.7. The van der Waals surface area contributed by atoms with E-state index in [1.807, 2.05) is 0 Å². The fraction of sp³-hybridized carbons (Fsp3) is 0.214. The summed E-state index contributed by atoms with van der Waals surface area (Å²) in [4.78, 5) is 11.2. The van der Waals surface area contributed by atoms with E-state index in [1.165, 1.54) is 15.6 Å². The Hall–Kier alpha value is -1.86. The molecule has 1 aromatic heterocycles. The second kappa shape index (κ2) is 5.16. The van der Waals surface area contributed by atoms with Gasteiger partial charge in [-0.1, -0.05) is 18.2 Å². The Morgan fingerprint density at radius 1 is 1.33 bits per heavy atom. The lowest BCUT2D eigenvalue weighted by atomic mass is 9.98. The van der Waals surface area contributed by atoms with E-state index in [2.05, 4.69) is 0 Å². The van der Waals surface area contributed by atoms with Gasteiger partial charge in [0.2, 0.25) is 0 Å². The Morgan fingerprint density at radius 3 is 2.76 bits per heavy atom. The van der Waals surface area contributed by atoms with Crippen molar-refractivity contribution in [1.29, 1.82) is 0 Å². The van der Waals surface area contributed by atoms with Crippen molar-refractivity contribution in [3.63, 3.8) is 0 Å². The number of fused-ring (bicyclic) bond motifs is 1. The fourth-order valence-electron chi connectivity index (χ4n) is 2.60. The lowest BCUT2D eigenvalue weighted by Crippen LogP contribution is -2.30. The van der Waals surface area contributed by atoms with Crippen LogP contribution in [0.2, 0.25) is 0 Å². The highest BCUT2D eigenvalue weighted by Gasteiger charge is 2.37. The Bertz CT molecular complexity index is 768. The van der Waals surface area contributed by atoms with Gasteiger partial charge in [0.1, 0.15) is 0 Å². The number of aliphatic carboxylic acids is 1. The molecule has 1 aromatic carbocycles. The van der Waals surface area contributed by atoms with Gasteiger partial charge in [0.15, 0.2) is 0 Å². The van der Waals surface area contributed by atoms with Crippen molar-refractivity contribution in [3.05, 3.63) is 46.7 Å². The first kappa shape index (κ1) is 14.1. The van der Waals surface area contributed by atoms with Gasteiger partial charge in [-0.15, -0.1) is 0 Å². The van der Waals surface area contributed by atoms with Crippen LogP contribution in [0, 0.1) is 0 Å². The van der Waals surface area contributed by atoms with Gasteiger partial charge in [0.25, 0.3) is 10.0 Å². The van der Waals surface area contributed by atoms with E-state index in [0.717, 1.165) is 5.56 Å². The molecule has 2 heterocycles. The maximum absolute atomic E-state index is 12.7. The summed E-state index contributed by atoms with van der Waals surface area (Å²) in [6, 6.07) is 8.65. The average Bonchev–Trinajstić information content (AvgIpc) is 3.07. The molecule has 7 heteroatoms. The smallest absolute Gasteiger partial charge is 0.304 e. The molecule has 110 valence electrons. The van der Waals surface area contributed by atoms with Crippen LogP contribution >= 0.6 is 11.3 Å². The second-order valence-electron chi connectivity index (χ2n) is 4.85. The highest BCUT2D eigenvalue weighted by atomic mass is 32.2.